The van der Waals surface area contributed by atoms with Crippen molar-refractivity contribution in [3.05, 3.63) is 47.0 Å². The molecule has 0 atom stereocenters. The third-order valence-electron chi connectivity index (χ3n) is 2.96. The van der Waals surface area contributed by atoms with E-state index >= 15 is 0 Å². The van der Waals surface area contributed by atoms with E-state index in [2.05, 4.69) is 0 Å². The third kappa shape index (κ3) is 1.93. The molecule has 0 spiro atoms. The molecule has 2 rings (SSSR count). The van der Waals surface area contributed by atoms with Gasteiger partial charge in [-0.05, 0) is 41.0 Å². The quantitative estimate of drug-likeness (QED) is 0.870. The Labute approximate surface area is 103 Å². The summed E-state index contributed by atoms with van der Waals surface area (Å²) in [5.74, 6) is -1.95. The fourth-order valence-corrected chi connectivity index (χ4v) is 2.11. The number of carboxylic acid groups (broad SMARTS) is 2. The molecule has 0 saturated carbocycles. The van der Waals surface area contributed by atoms with Gasteiger partial charge in [0.15, 0.2) is 0 Å². The number of aryl methyl sites for hydroxylation is 1. The molecular formula is C14H12O4. The van der Waals surface area contributed by atoms with Crippen LogP contribution >= 0.6 is 0 Å². The minimum Gasteiger partial charge on any atom is -0.478 e. The summed E-state index contributed by atoms with van der Waals surface area (Å²) in [6.45, 7) is 1.88. The molecule has 2 aromatic carbocycles. The summed E-state index contributed by atoms with van der Waals surface area (Å²) in [6.07, 6.45) is 0.589. The van der Waals surface area contributed by atoms with Crippen LogP contribution in [0.3, 0.4) is 0 Å². The minimum atomic E-state index is -0.989. The number of carbonyl (C=O) groups is 2. The van der Waals surface area contributed by atoms with E-state index in [-0.39, 0.29) is 11.1 Å². The van der Waals surface area contributed by atoms with E-state index in [0.29, 0.717) is 6.42 Å². The fourth-order valence-electron chi connectivity index (χ4n) is 2.11. The van der Waals surface area contributed by atoms with Crippen LogP contribution in [0.25, 0.3) is 10.8 Å². The maximum atomic E-state index is 11.1. The third-order valence-corrected chi connectivity index (χ3v) is 2.96. The number of aromatic carboxylic acids is 2. The molecule has 0 fully saturated rings. The molecule has 0 aliphatic carbocycles. The normalized spacial score (nSPS) is 10.5. The van der Waals surface area contributed by atoms with Crippen molar-refractivity contribution in [1.82, 2.24) is 0 Å². The molecule has 0 heterocycles. The molecule has 0 amide bonds. The molecule has 0 bridgehead atoms. The lowest BCUT2D eigenvalue weighted by molar-refractivity contribution is 0.0685. The van der Waals surface area contributed by atoms with Gasteiger partial charge in [0.1, 0.15) is 0 Å². The predicted octanol–water partition coefficient (Wildman–Crippen LogP) is 2.80. The number of hydrogen-bond acceptors (Lipinski definition) is 2. The van der Waals surface area contributed by atoms with E-state index in [9.17, 15) is 9.59 Å². The van der Waals surface area contributed by atoms with Crippen LogP contribution in [-0.2, 0) is 6.42 Å². The van der Waals surface area contributed by atoms with Crippen LogP contribution in [0.15, 0.2) is 30.3 Å². The van der Waals surface area contributed by atoms with Gasteiger partial charge in [-0.15, -0.1) is 0 Å². The van der Waals surface area contributed by atoms with Gasteiger partial charge in [-0.2, -0.15) is 0 Å². The average Bonchev–Trinajstić information content (AvgIpc) is 2.36. The van der Waals surface area contributed by atoms with Crippen LogP contribution < -0.4 is 0 Å². The molecule has 0 radical (unpaired) electrons. The van der Waals surface area contributed by atoms with E-state index in [1.807, 2.05) is 6.92 Å². The van der Waals surface area contributed by atoms with E-state index < -0.39 is 11.9 Å². The predicted molar refractivity (Wildman–Crippen MR) is 67.2 cm³/mol. The summed E-state index contributed by atoms with van der Waals surface area (Å²) in [4.78, 5) is 22.0. The Morgan fingerprint density at radius 2 is 1.78 bits per heavy atom. The average molecular weight is 244 g/mol. The Bertz CT molecular complexity index is 644. The highest BCUT2D eigenvalue weighted by molar-refractivity contribution is 6.00. The number of fused-ring (bicyclic) bond motifs is 1. The van der Waals surface area contributed by atoms with E-state index in [1.165, 1.54) is 12.1 Å². The van der Waals surface area contributed by atoms with Crippen LogP contribution in [0.1, 0.15) is 33.2 Å². The molecular weight excluding hydrogens is 232 g/mol. The first kappa shape index (κ1) is 12.1. The monoisotopic (exact) mass is 244 g/mol. The SMILES string of the molecule is CCc1c(C(=O)O)ccc2cc(C(=O)O)ccc12. The molecule has 0 saturated heterocycles. The lowest BCUT2D eigenvalue weighted by Gasteiger charge is -2.09. The van der Waals surface area contributed by atoms with Crippen molar-refractivity contribution in [2.75, 3.05) is 0 Å². The Hall–Kier alpha value is -2.36. The van der Waals surface area contributed by atoms with Crippen LogP contribution in [-0.4, -0.2) is 22.2 Å². The van der Waals surface area contributed by atoms with Crippen molar-refractivity contribution in [3.63, 3.8) is 0 Å². The second-order valence-electron chi connectivity index (χ2n) is 3.99. The zero-order valence-corrected chi connectivity index (χ0v) is 9.80. The lowest BCUT2D eigenvalue weighted by Crippen LogP contribution is -2.03. The molecule has 2 aromatic rings. The van der Waals surface area contributed by atoms with E-state index in [1.54, 1.807) is 18.2 Å². The molecule has 2 N–H and O–H groups in total. The fraction of sp³-hybridized carbons (Fsp3) is 0.143. The smallest absolute Gasteiger partial charge is 0.335 e. The molecule has 0 aromatic heterocycles. The first-order valence-corrected chi connectivity index (χ1v) is 5.56. The maximum absolute atomic E-state index is 11.1. The number of hydrogen-bond donors (Lipinski definition) is 2. The highest BCUT2D eigenvalue weighted by Gasteiger charge is 2.13. The van der Waals surface area contributed by atoms with Gasteiger partial charge in [0.2, 0.25) is 0 Å². The van der Waals surface area contributed by atoms with Crippen LogP contribution in [0.4, 0.5) is 0 Å². The number of benzene rings is 2. The number of rotatable bonds is 3. The second kappa shape index (κ2) is 4.49. The van der Waals surface area contributed by atoms with Crippen molar-refractivity contribution in [1.29, 1.82) is 0 Å². The topological polar surface area (TPSA) is 74.6 Å². The van der Waals surface area contributed by atoms with E-state index in [4.69, 9.17) is 10.2 Å². The van der Waals surface area contributed by atoms with Gasteiger partial charge in [-0.1, -0.05) is 19.1 Å². The van der Waals surface area contributed by atoms with Crippen molar-refractivity contribution >= 4 is 22.7 Å². The van der Waals surface area contributed by atoms with Gasteiger partial charge in [0.05, 0.1) is 11.1 Å². The highest BCUT2D eigenvalue weighted by Crippen LogP contribution is 2.24. The second-order valence-corrected chi connectivity index (χ2v) is 3.99. The summed E-state index contributed by atoms with van der Waals surface area (Å²) in [6, 6.07) is 7.89. The summed E-state index contributed by atoms with van der Waals surface area (Å²) in [5.41, 5.74) is 1.21. The van der Waals surface area contributed by atoms with Crippen molar-refractivity contribution < 1.29 is 19.8 Å². The van der Waals surface area contributed by atoms with Crippen LogP contribution in [0, 0.1) is 0 Å². The van der Waals surface area contributed by atoms with Crippen molar-refractivity contribution in [3.8, 4) is 0 Å². The Kier molecular flexibility index (Phi) is 3.02. The van der Waals surface area contributed by atoms with Crippen molar-refractivity contribution in [2.24, 2.45) is 0 Å². The summed E-state index contributed by atoms with van der Waals surface area (Å²) >= 11 is 0. The molecule has 4 nitrogen and oxygen atoms in total. The van der Waals surface area contributed by atoms with Gasteiger partial charge >= 0.3 is 11.9 Å². The van der Waals surface area contributed by atoms with E-state index in [0.717, 1.165) is 16.3 Å². The Morgan fingerprint density at radius 3 is 2.33 bits per heavy atom. The standard InChI is InChI=1S/C14H12O4/c1-2-10-11-5-4-9(13(15)16)7-8(11)3-6-12(10)14(17)18/h3-7H,2H2,1H3,(H,15,16)(H,17,18). The molecule has 92 valence electrons. The van der Waals surface area contributed by atoms with Gasteiger partial charge in [0.25, 0.3) is 0 Å². The van der Waals surface area contributed by atoms with Crippen LogP contribution in [0.5, 0.6) is 0 Å². The minimum absolute atomic E-state index is 0.202. The Balaban J connectivity index is 2.75. The van der Waals surface area contributed by atoms with Gasteiger partial charge in [0, 0.05) is 0 Å². The summed E-state index contributed by atoms with van der Waals surface area (Å²) in [7, 11) is 0. The zero-order valence-electron chi connectivity index (χ0n) is 9.80. The van der Waals surface area contributed by atoms with Gasteiger partial charge in [-0.3, -0.25) is 0 Å². The van der Waals surface area contributed by atoms with Crippen LogP contribution in [0.2, 0.25) is 0 Å². The molecule has 0 aliphatic rings. The maximum Gasteiger partial charge on any atom is 0.335 e. The van der Waals surface area contributed by atoms with Gasteiger partial charge in [-0.25, -0.2) is 9.59 Å². The van der Waals surface area contributed by atoms with Crippen molar-refractivity contribution in [2.45, 2.75) is 13.3 Å². The number of carboxylic acids is 2. The highest BCUT2D eigenvalue weighted by atomic mass is 16.4. The molecule has 4 heteroatoms. The lowest BCUT2D eigenvalue weighted by atomic mass is 9.96. The van der Waals surface area contributed by atoms with Gasteiger partial charge < -0.3 is 10.2 Å². The first-order valence-electron chi connectivity index (χ1n) is 5.56. The molecule has 0 aliphatic heterocycles. The Morgan fingerprint density at radius 1 is 1.06 bits per heavy atom. The summed E-state index contributed by atoms with van der Waals surface area (Å²) < 4.78 is 0. The largest absolute Gasteiger partial charge is 0.478 e. The molecule has 0 unspecified atom stereocenters. The zero-order chi connectivity index (χ0) is 13.3. The summed E-state index contributed by atoms with van der Waals surface area (Å²) in [5, 5.41) is 19.6. The first-order chi connectivity index (χ1) is 8.54. The molecule has 18 heavy (non-hydrogen) atoms.